The molecule has 33 heavy (non-hydrogen) atoms. The van der Waals surface area contributed by atoms with Crippen molar-refractivity contribution in [2.75, 3.05) is 6.61 Å². The summed E-state index contributed by atoms with van der Waals surface area (Å²) < 4.78 is 12.4. The topological polar surface area (TPSA) is 64.6 Å². The van der Waals surface area contributed by atoms with Gasteiger partial charge in [0.25, 0.3) is 0 Å². The molecule has 1 unspecified atom stereocenters. The van der Waals surface area contributed by atoms with Crippen molar-refractivity contribution < 1.29 is 19.1 Å². The van der Waals surface area contributed by atoms with Crippen LogP contribution in [0.1, 0.15) is 61.3 Å². The third kappa shape index (κ3) is 4.94. The highest BCUT2D eigenvalue weighted by molar-refractivity contribution is 9.10. The Bertz CT molecular complexity index is 1130. The van der Waals surface area contributed by atoms with Crippen molar-refractivity contribution >= 4 is 39.0 Å². The molecule has 1 N–H and O–H groups in total. The summed E-state index contributed by atoms with van der Waals surface area (Å²) in [7, 11) is 0. The Morgan fingerprint density at radius 1 is 1.21 bits per heavy atom. The van der Waals surface area contributed by atoms with Gasteiger partial charge in [0.1, 0.15) is 12.4 Å². The van der Waals surface area contributed by atoms with Crippen molar-refractivity contribution in [1.29, 1.82) is 0 Å². The Balaban J connectivity index is 1.72. The van der Waals surface area contributed by atoms with E-state index in [0.29, 0.717) is 25.2 Å². The highest BCUT2D eigenvalue weighted by atomic mass is 79.9. The summed E-state index contributed by atoms with van der Waals surface area (Å²) in [5.74, 6) is 0.147. The molecule has 1 atom stereocenters. The van der Waals surface area contributed by atoms with Crippen LogP contribution < -0.4 is 10.1 Å². The molecule has 0 radical (unpaired) electrons. The van der Waals surface area contributed by atoms with E-state index >= 15 is 0 Å². The average molecular weight is 530 g/mol. The first-order valence-corrected chi connectivity index (χ1v) is 12.9. The quantitative estimate of drug-likeness (QED) is 0.433. The normalized spacial score (nSPS) is 18.2. The molecule has 2 heterocycles. The smallest absolute Gasteiger partial charge is 0.336 e. The lowest BCUT2D eigenvalue weighted by Gasteiger charge is -2.33. The fraction of sp³-hybridized carbons (Fsp3) is 0.385. The lowest BCUT2D eigenvalue weighted by molar-refractivity contribution is -0.138. The number of thiophene rings is 1. The van der Waals surface area contributed by atoms with Gasteiger partial charge in [-0.2, -0.15) is 0 Å². The highest BCUT2D eigenvalue weighted by Crippen LogP contribution is 2.45. The highest BCUT2D eigenvalue weighted by Gasteiger charge is 2.40. The number of ether oxygens (including phenoxy) is 2. The molecule has 0 bridgehead atoms. The molecule has 0 spiro atoms. The zero-order valence-corrected chi connectivity index (χ0v) is 21.5. The molecule has 1 aromatic carbocycles. The van der Waals surface area contributed by atoms with Crippen LogP contribution in [0.4, 0.5) is 0 Å². The summed E-state index contributed by atoms with van der Waals surface area (Å²) in [5.41, 5.74) is 4.06. The van der Waals surface area contributed by atoms with Gasteiger partial charge in [-0.1, -0.05) is 22.9 Å². The Morgan fingerprint density at radius 2 is 1.97 bits per heavy atom. The first kappa shape index (κ1) is 23.8. The fourth-order valence-corrected chi connectivity index (χ4v) is 5.99. The molecule has 1 aliphatic heterocycles. The summed E-state index contributed by atoms with van der Waals surface area (Å²) in [5, 5.41) is 3.34. The van der Waals surface area contributed by atoms with Crippen LogP contribution >= 0.6 is 27.3 Å². The second kappa shape index (κ2) is 10.3. The lowest BCUT2D eigenvalue weighted by atomic mass is 9.78. The van der Waals surface area contributed by atoms with E-state index in [9.17, 15) is 9.59 Å². The molecule has 174 valence electrons. The van der Waals surface area contributed by atoms with Gasteiger partial charge in [-0.3, -0.25) is 4.79 Å². The van der Waals surface area contributed by atoms with Gasteiger partial charge < -0.3 is 14.8 Å². The number of halogens is 1. The van der Waals surface area contributed by atoms with Crippen molar-refractivity contribution in [3.63, 3.8) is 0 Å². The largest absolute Gasteiger partial charge is 0.489 e. The number of hydrogen-bond acceptors (Lipinski definition) is 6. The Hall–Kier alpha value is -2.38. The van der Waals surface area contributed by atoms with Gasteiger partial charge in [-0.25, -0.2) is 4.79 Å². The molecule has 5 nitrogen and oxygen atoms in total. The standard InChI is InChI=1S/C26H28BrNO4S/c1-4-21-16(14-32-18-11-9-17(27)10-12-18)13-22(33-21)25-23(26(30)31-5-2)15(3)28-19-7-6-8-20(29)24(19)25/h9-13,25,28H,4-8,14H2,1-3H3. The van der Waals surface area contributed by atoms with E-state index in [4.69, 9.17) is 9.47 Å². The van der Waals surface area contributed by atoms with Gasteiger partial charge in [0.15, 0.2) is 5.78 Å². The minimum absolute atomic E-state index is 0.113. The molecule has 0 fully saturated rings. The predicted molar refractivity (Wildman–Crippen MR) is 133 cm³/mol. The van der Waals surface area contributed by atoms with Gasteiger partial charge in [0.05, 0.1) is 18.1 Å². The zero-order valence-electron chi connectivity index (χ0n) is 19.1. The average Bonchev–Trinajstić information content (AvgIpc) is 3.21. The van der Waals surface area contributed by atoms with Crippen molar-refractivity contribution in [2.24, 2.45) is 0 Å². The van der Waals surface area contributed by atoms with Gasteiger partial charge >= 0.3 is 5.97 Å². The minimum Gasteiger partial charge on any atom is -0.489 e. The minimum atomic E-state index is -0.398. The monoisotopic (exact) mass is 529 g/mol. The number of benzene rings is 1. The molecule has 4 rings (SSSR count). The van der Waals surface area contributed by atoms with Crippen LogP contribution in [-0.4, -0.2) is 18.4 Å². The van der Waals surface area contributed by atoms with Crippen LogP contribution in [0.15, 0.2) is 57.3 Å². The third-order valence-corrected chi connectivity index (χ3v) is 7.92. The first-order valence-electron chi connectivity index (χ1n) is 11.3. The van der Waals surface area contributed by atoms with Gasteiger partial charge in [-0.05, 0) is 63.4 Å². The van der Waals surface area contributed by atoms with Crippen LogP contribution in [0.2, 0.25) is 0 Å². The molecule has 1 aliphatic carbocycles. The predicted octanol–water partition coefficient (Wildman–Crippen LogP) is 6.18. The molecule has 0 saturated heterocycles. The maximum absolute atomic E-state index is 13.0. The summed E-state index contributed by atoms with van der Waals surface area (Å²) in [4.78, 5) is 28.2. The maximum atomic E-state index is 13.0. The molecular formula is C26H28BrNO4S. The van der Waals surface area contributed by atoms with E-state index in [0.717, 1.165) is 56.9 Å². The maximum Gasteiger partial charge on any atom is 0.336 e. The van der Waals surface area contributed by atoms with E-state index in [2.05, 4.69) is 34.2 Å². The second-order valence-corrected chi connectivity index (χ2v) is 10.3. The lowest BCUT2D eigenvalue weighted by Crippen LogP contribution is -2.34. The van der Waals surface area contributed by atoms with Crippen LogP contribution in [0.3, 0.4) is 0 Å². The van der Waals surface area contributed by atoms with Gasteiger partial charge in [0, 0.05) is 43.2 Å². The number of hydrogen-bond donors (Lipinski definition) is 1. The summed E-state index contributed by atoms with van der Waals surface area (Å²) in [6.45, 7) is 6.54. The Labute approximate surface area is 207 Å². The number of carbonyl (C=O) groups is 2. The summed E-state index contributed by atoms with van der Waals surface area (Å²) in [6.07, 6.45) is 3.01. The second-order valence-electron chi connectivity index (χ2n) is 8.18. The molecule has 2 aliphatic rings. The molecule has 0 saturated carbocycles. The molecular weight excluding hydrogens is 502 g/mol. The summed E-state index contributed by atoms with van der Waals surface area (Å²) in [6, 6.07) is 9.87. The van der Waals surface area contributed by atoms with Crippen molar-refractivity contribution in [3.05, 3.63) is 72.7 Å². The van der Waals surface area contributed by atoms with E-state index in [-0.39, 0.29) is 11.8 Å². The van der Waals surface area contributed by atoms with Crippen molar-refractivity contribution in [2.45, 2.75) is 59.0 Å². The first-order chi connectivity index (χ1) is 15.9. The third-order valence-electron chi connectivity index (χ3n) is 6.00. The van der Waals surface area contributed by atoms with Gasteiger partial charge in [-0.15, -0.1) is 11.3 Å². The number of dihydropyridines is 1. The summed E-state index contributed by atoms with van der Waals surface area (Å²) >= 11 is 5.10. The van der Waals surface area contributed by atoms with Crippen molar-refractivity contribution in [1.82, 2.24) is 5.32 Å². The van der Waals surface area contributed by atoms with Crippen LogP contribution in [-0.2, 0) is 27.4 Å². The number of carbonyl (C=O) groups excluding carboxylic acids is 2. The van der Waals surface area contributed by atoms with E-state index < -0.39 is 5.92 Å². The Kier molecular flexibility index (Phi) is 7.39. The number of Topliss-reactive ketones (excluding diaryl/α,β-unsaturated/α-hetero) is 1. The van der Waals surface area contributed by atoms with E-state index in [1.807, 2.05) is 31.2 Å². The molecule has 0 amide bonds. The SMILES string of the molecule is CCOC(=O)C1=C(C)NC2=C(C(=O)CCC2)C1c1cc(COc2ccc(Br)cc2)c(CC)s1. The molecule has 1 aromatic heterocycles. The fourth-order valence-electron chi connectivity index (χ4n) is 4.49. The molecule has 2 aromatic rings. The number of ketones is 1. The molecule has 7 heteroatoms. The van der Waals surface area contributed by atoms with Crippen molar-refractivity contribution in [3.8, 4) is 5.75 Å². The number of allylic oxidation sites excluding steroid dienone is 3. The number of rotatable bonds is 7. The number of esters is 1. The Morgan fingerprint density at radius 3 is 2.67 bits per heavy atom. The van der Waals surface area contributed by atoms with E-state index in [1.54, 1.807) is 18.3 Å². The van der Waals surface area contributed by atoms with Crippen LogP contribution in [0.5, 0.6) is 5.75 Å². The van der Waals surface area contributed by atoms with Crippen LogP contribution in [0.25, 0.3) is 0 Å². The van der Waals surface area contributed by atoms with Gasteiger partial charge in [0.2, 0.25) is 0 Å². The number of nitrogens with one attached hydrogen (secondary N) is 1. The van der Waals surface area contributed by atoms with Crippen LogP contribution in [0, 0.1) is 0 Å². The zero-order chi connectivity index (χ0) is 23.5. The van der Waals surface area contributed by atoms with E-state index in [1.165, 1.54) is 4.88 Å². The number of aryl methyl sites for hydroxylation is 1.